The number of para-hydroxylation sites is 4. The van der Waals surface area contributed by atoms with Crippen molar-refractivity contribution >= 4 is 87.6 Å². The van der Waals surface area contributed by atoms with Crippen molar-refractivity contribution in [3.05, 3.63) is 194 Å². The predicted octanol–water partition coefficient (Wildman–Crippen LogP) is 15.3. The van der Waals surface area contributed by atoms with E-state index in [9.17, 15) is 0 Å². The number of rotatable bonds is 5. The number of nitrogens with zero attached hydrogens (tertiary/aromatic N) is 4. The van der Waals surface area contributed by atoms with Crippen molar-refractivity contribution in [2.24, 2.45) is 0 Å². The number of fused-ring (bicyclic) bond motifs is 12. The number of aromatic nitrogens is 4. The Hall–Kier alpha value is -8.81. The summed E-state index contributed by atoms with van der Waals surface area (Å²) in [6.45, 7) is 0. The summed E-state index contributed by atoms with van der Waals surface area (Å²) in [5.74, 6) is 1.59. The molecule has 298 valence electrons. The van der Waals surface area contributed by atoms with Crippen LogP contribution >= 0.6 is 0 Å². The molecule has 0 aliphatic carbocycles. The Bertz CT molecular complexity index is 4080. The highest BCUT2D eigenvalue weighted by molar-refractivity contribution is 6.14. The first-order valence-electron chi connectivity index (χ1n) is 21.3. The summed E-state index contributed by atoms with van der Waals surface area (Å²) < 4.78 is 21.6. The number of hydrogen-bond acceptors (Lipinski definition) is 6. The van der Waals surface area contributed by atoms with Crippen LogP contribution in [0.3, 0.4) is 0 Å². The van der Waals surface area contributed by atoms with E-state index < -0.39 is 0 Å². The van der Waals surface area contributed by atoms with Crippen LogP contribution in [-0.2, 0) is 0 Å². The second kappa shape index (κ2) is 13.3. The lowest BCUT2D eigenvalue weighted by molar-refractivity contribution is 0.668. The van der Waals surface area contributed by atoms with E-state index in [2.05, 4.69) is 138 Å². The largest absolute Gasteiger partial charge is 0.456 e. The number of benzene rings is 9. The fourth-order valence-electron chi connectivity index (χ4n) is 9.68. The maximum atomic E-state index is 6.57. The molecule has 0 atom stereocenters. The van der Waals surface area contributed by atoms with Gasteiger partial charge in [0.15, 0.2) is 17.5 Å². The van der Waals surface area contributed by atoms with Crippen molar-refractivity contribution in [1.29, 1.82) is 0 Å². The SMILES string of the molecule is c1ccc(-n2c3ccccc3c3cc(-c4ccc5oc6cccc(-c7nc(-c8ccc9c(c8)oc8ccccc89)nc(-c8ccc9c(c8)oc8ccccc89)n7)c6c5c4)ccc32)cc1. The Balaban J connectivity index is 0.956. The number of hydrogen-bond donors (Lipinski definition) is 0. The molecule has 0 radical (unpaired) electrons. The van der Waals surface area contributed by atoms with E-state index in [1.165, 1.54) is 16.3 Å². The van der Waals surface area contributed by atoms with Crippen LogP contribution in [0, 0.1) is 0 Å². The average molecular weight is 821 g/mol. The highest BCUT2D eigenvalue weighted by Crippen LogP contribution is 2.41. The summed E-state index contributed by atoms with van der Waals surface area (Å²) in [4.78, 5) is 15.6. The second-order valence-electron chi connectivity index (χ2n) is 16.3. The quantitative estimate of drug-likeness (QED) is 0.172. The van der Waals surface area contributed by atoms with E-state index in [0.29, 0.717) is 17.5 Å². The summed E-state index contributed by atoms with van der Waals surface area (Å²) in [5.41, 5.74) is 12.9. The third-order valence-electron chi connectivity index (χ3n) is 12.7. The second-order valence-corrected chi connectivity index (χ2v) is 16.3. The van der Waals surface area contributed by atoms with Crippen molar-refractivity contribution < 1.29 is 13.3 Å². The Labute approximate surface area is 364 Å². The van der Waals surface area contributed by atoms with Gasteiger partial charge in [0.1, 0.15) is 33.5 Å². The van der Waals surface area contributed by atoms with Crippen molar-refractivity contribution in [2.75, 3.05) is 0 Å². The molecule has 0 unspecified atom stereocenters. The molecule has 7 heteroatoms. The van der Waals surface area contributed by atoms with Crippen molar-refractivity contribution in [1.82, 2.24) is 19.5 Å². The summed E-state index contributed by atoms with van der Waals surface area (Å²) in [6.07, 6.45) is 0. The standard InChI is InChI=1S/C57H32N4O3/c1-2-11-37(12-3-1)61-46-17-7-4-13-38(46)44-29-33(23-27-47(44)61)34-24-28-50-45(30-34)54-43(16-10-20-51(54)62-50)57-59-55(35-21-25-41-39-14-5-8-18-48(39)63-52(41)31-35)58-56(60-57)36-22-26-42-40-15-6-9-19-49(40)64-53(42)32-36/h1-32H. The van der Waals surface area contributed by atoms with Crippen LogP contribution in [0.4, 0.5) is 0 Å². The lowest BCUT2D eigenvalue weighted by Crippen LogP contribution is -2.00. The van der Waals surface area contributed by atoms with Gasteiger partial charge in [0.05, 0.1) is 11.0 Å². The van der Waals surface area contributed by atoms with Gasteiger partial charge in [0.25, 0.3) is 0 Å². The van der Waals surface area contributed by atoms with Gasteiger partial charge >= 0.3 is 0 Å². The molecule has 64 heavy (non-hydrogen) atoms. The van der Waals surface area contributed by atoms with Gasteiger partial charge in [-0.3, -0.25) is 0 Å². The van der Waals surface area contributed by atoms with Crippen LogP contribution in [0.15, 0.2) is 207 Å². The van der Waals surface area contributed by atoms with Gasteiger partial charge in [-0.1, -0.05) is 109 Å². The minimum Gasteiger partial charge on any atom is -0.456 e. The first kappa shape index (κ1) is 34.9. The highest BCUT2D eigenvalue weighted by atomic mass is 16.3. The molecule has 7 nitrogen and oxygen atoms in total. The zero-order chi connectivity index (χ0) is 41.9. The third kappa shape index (κ3) is 5.25. The summed E-state index contributed by atoms with van der Waals surface area (Å²) in [7, 11) is 0. The Kier molecular flexibility index (Phi) is 7.27. The van der Waals surface area contributed by atoms with Crippen LogP contribution in [0.5, 0.6) is 0 Å². The molecule has 5 heterocycles. The van der Waals surface area contributed by atoms with E-state index >= 15 is 0 Å². The molecule has 0 amide bonds. The molecule has 0 spiro atoms. The molecular weight excluding hydrogens is 789 g/mol. The zero-order valence-corrected chi connectivity index (χ0v) is 34.0. The molecule has 0 fully saturated rings. The summed E-state index contributed by atoms with van der Waals surface area (Å²) in [6, 6.07) is 67.0. The molecular formula is C57H32N4O3. The van der Waals surface area contributed by atoms with Crippen molar-refractivity contribution in [3.8, 4) is 51.0 Å². The van der Waals surface area contributed by atoms with Gasteiger partial charge in [-0.15, -0.1) is 0 Å². The van der Waals surface area contributed by atoms with Crippen LogP contribution < -0.4 is 0 Å². The summed E-state index contributed by atoms with van der Waals surface area (Å²) >= 11 is 0. The maximum absolute atomic E-state index is 6.57. The minimum absolute atomic E-state index is 0.528. The minimum atomic E-state index is 0.528. The van der Waals surface area contributed by atoms with Crippen LogP contribution in [0.25, 0.3) is 139 Å². The maximum Gasteiger partial charge on any atom is 0.164 e. The molecule has 0 saturated heterocycles. The number of furan rings is 3. The molecule has 14 rings (SSSR count). The molecule has 9 aromatic carbocycles. The van der Waals surface area contributed by atoms with Crippen LogP contribution in [-0.4, -0.2) is 19.5 Å². The fourth-order valence-corrected chi connectivity index (χ4v) is 9.68. The third-order valence-corrected chi connectivity index (χ3v) is 12.7. The van der Waals surface area contributed by atoms with Crippen LogP contribution in [0.1, 0.15) is 0 Å². The predicted molar refractivity (Wildman–Crippen MR) is 258 cm³/mol. The van der Waals surface area contributed by atoms with E-state index in [4.69, 9.17) is 28.2 Å². The van der Waals surface area contributed by atoms with Gasteiger partial charge < -0.3 is 17.8 Å². The molecule has 0 N–H and O–H groups in total. The fraction of sp³-hybridized carbons (Fsp3) is 0. The van der Waals surface area contributed by atoms with Crippen LogP contribution in [0.2, 0.25) is 0 Å². The topological polar surface area (TPSA) is 83.0 Å². The van der Waals surface area contributed by atoms with Gasteiger partial charge in [-0.2, -0.15) is 0 Å². The zero-order valence-electron chi connectivity index (χ0n) is 34.0. The Morgan fingerprint density at radius 2 is 0.797 bits per heavy atom. The Morgan fingerprint density at radius 1 is 0.297 bits per heavy atom. The average Bonchev–Trinajstić information content (AvgIpc) is 4.12. The normalized spacial score (nSPS) is 12.1. The highest BCUT2D eigenvalue weighted by Gasteiger charge is 2.21. The first-order chi connectivity index (χ1) is 31.7. The molecule has 0 saturated carbocycles. The van der Waals surface area contributed by atoms with Crippen molar-refractivity contribution in [3.63, 3.8) is 0 Å². The van der Waals surface area contributed by atoms with Crippen molar-refractivity contribution in [2.45, 2.75) is 0 Å². The lowest BCUT2D eigenvalue weighted by Gasteiger charge is -2.10. The van der Waals surface area contributed by atoms with E-state index in [1.54, 1.807) is 0 Å². The first-order valence-corrected chi connectivity index (χ1v) is 21.3. The van der Waals surface area contributed by atoms with Gasteiger partial charge in [0.2, 0.25) is 0 Å². The van der Waals surface area contributed by atoms with Gasteiger partial charge in [-0.05, 0) is 96.1 Å². The van der Waals surface area contributed by atoms with E-state index in [0.717, 1.165) is 105 Å². The molecule has 0 aliphatic heterocycles. The smallest absolute Gasteiger partial charge is 0.164 e. The monoisotopic (exact) mass is 820 g/mol. The summed E-state index contributed by atoms with van der Waals surface area (Å²) in [5, 5.41) is 8.53. The van der Waals surface area contributed by atoms with E-state index in [1.807, 2.05) is 60.7 Å². The van der Waals surface area contributed by atoms with Gasteiger partial charge in [-0.25, -0.2) is 15.0 Å². The lowest BCUT2D eigenvalue weighted by atomic mass is 9.99. The molecule has 14 aromatic rings. The Morgan fingerprint density at radius 3 is 1.50 bits per heavy atom. The van der Waals surface area contributed by atoms with E-state index in [-0.39, 0.29) is 0 Å². The molecule has 0 bridgehead atoms. The molecule has 0 aliphatic rings. The molecule has 5 aromatic heterocycles. The van der Waals surface area contributed by atoms with Gasteiger partial charge in [0, 0.05) is 65.5 Å².